The van der Waals surface area contributed by atoms with Crippen molar-refractivity contribution in [3.63, 3.8) is 0 Å². The van der Waals surface area contributed by atoms with Gasteiger partial charge in [0.1, 0.15) is 0 Å². The van der Waals surface area contributed by atoms with Crippen LogP contribution in [0.5, 0.6) is 0 Å². The van der Waals surface area contributed by atoms with E-state index in [9.17, 15) is 9.67 Å². The number of hydrogen-bond donors (Lipinski definition) is 1. The Balaban J connectivity index is 4.08. The van der Waals surface area contributed by atoms with Gasteiger partial charge in [-0.15, -0.1) is 23.2 Å². The van der Waals surface area contributed by atoms with Crippen LogP contribution in [0.4, 0.5) is 0 Å². The van der Waals surface area contributed by atoms with Crippen LogP contribution in [0.3, 0.4) is 0 Å². The Labute approximate surface area is 113 Å². The van der Waals surface area contributed by atoms with E-state index >= 15 is 0 Å². The number of aliphatic hydroxyl groups is 1. The standard InChI is InChI=1S/C10H21Cl2O4P/c1-2-3-4-5-10(13)16-17(14,9-7-12)15-8-6-11/h10,13H,2-9H2,1H3. The molecule has 0 fully saturated rings. The van der Waals surface area contributed by atoms with Gasteiger partial charge in [0.2, 0.25) is 0 Å². The molecule has 0 saturated carbocycles. The third-order valence-corrected chi connectivity index (χ3v) is 4.58. The molecule has 0 aromatic carbocycles. The predicted molar refractivity (Wildman–Crippen MR) is 71.1 cm³/mol. The van der Waals surface area contributed by atoms with Crippen LogP contribution < -0.4 is 0 Å². The maximum atomic E-state index is 12.1. The summed E-state index contributed by atoms with van der Waals surface area (Å²) in [5.41, 5.74) is 0. The highest BCUT2D eigenvalue weighted by atomic mass is 35.5. The molecule has 0 amide bonds. The largest absolute Gasteiger partial charge is 0.368 e. The summed E-state index contributed by atoms with van der Waals surface area (Å²) in [6.07, 6.45) is 2.35. The van der Waals surface area contributed by atoms with Crippen molar-refractivity contribution in [1.29, 1.82) is 0 Å². The van der Waals surface area contributed by atoms with E-state index in [2.05, 4.69) is 6.92 Å². The lowest BCUT2D eigenvalue weighted by Gasteiger charge is -2.20. The second kappa shape index (κ2) is 10.6. The van der Waals surface area contributed by atoms with Crippen LogP contribution >= 0.6 is 30.8 Å². The number of alkyl halides is 2. The number of unbranched alkanes of at least 4 members (excludes halogenated alkanes) is 2. The molecule has 0 aliphatic carbocycles. The fourth-order valence-corrected chi connectivity index (χ4v) is 3.39. The van der Waals surface area contributed by atoms with Crippen LogP contribution in [-0.4, -0.2) is 35.9 Å². The molecule has 7 heteroatoms. The molecule has 0 rings (SSSR count). The first kappa shape index (κ1) is 17.7. The molecule has 0 heterocycles. The van der Waals surface area contributed by atoms with Gasteiger partial charge in [-0.2, -0.15) is 0 Å². The zero-order chi connectivity index (χ0) is 13.1. The summed E-state index contributed by atoms with van der Waals surface area (Å²) in [6.45, 7) is 2.19. The van der Waals surface area contributed by atoms with Gasteiger partial charge in [0.05, 0.1) is 12.8 Å². The van der Waals surface area contributed by atoms with Crippen molar-refractivity contribution in [2.45, 2.75) is 38.9 Å². The normalized spacial score (nSPS) is 16.7. The Hall–Kier alpha value is 0.690. The summed E-state index contributed by atoms with van der Waals surface area (Å²) < 4.78 is 22.2. The molecule has 2 unspecified atom stereocenters. The van der Waals surface area contributed by atoms with Gasteiger partial charge in [-0.3, -0.25) is 9.09 Å². The van der Waals surface area contributed by atoms with Crippen molar-refractivity contribution >= 4 is 30.8 Å². The zero-order valence-electron chi connectivity index (χ0n) is 10.1. The molecule has 0 saturated heterocycles. The van der Waals surface area contributed by atoms with E-state index in [0.29, 0.717) is 6.42 Å². The molecule has 2 atom stereocenters. The van der Waals surface area contributed by atoms with Gasteiger partial charge in [0.25, 0.3) is 0 Å². The molecular formula is C10H21Cl2O4P. The molecule has 0 radical (unpaired) electrons. The monoisotopic (exact) mass is 306 g/mol. The van der Waals surface area contributed by atoms with Crippen molar-refractivity contribution < 1.29 is 18.7 Å². The number of halogens is 2. The summed E-state index contributed by atoms with van der Waals surface area (Å²) >= 11 is 11.0. The van der Waals surface area contributed by atoms with Gasteiger partial charge in [0, 0.05) is 11.8 Å². The van der Waals surface area contributed by atoms with Crippen LogP contribution in [-0.2, 0) is 13.6 Å². The molecule has 0 spiro atoms. The highest BCUT2D eigenvalue weighted by Gasteiger charge is 2.27. The Morgan fingerprint density at radius 3 is 2.53 bits per heavy atom. The number of aliphatic hydroxyl groups excluding tert-OH is 1. The molecule has 0 bridgehead atoms. The first-order chi connectivity index (χ1) is 8.08. The lowest BCUT2D eigenvalue weighted by atomic mass is 10.2. The van der Waals surface area contributed by atoms with Crippen molar-refractivity contribution in [3.8, 4) is 0 Å². The third kappa shape index (κ3) is 9.29. The second-order valence-corrected chi connectivity index (χ2v) is 6.50. The van der Waals surface area contributed by atoms with Gasteiger partial charge < -0.3 is 9.63 Å². The van der Waals surface area contributed by atoms with Crippen molar-refractivity contribution in [3.05, 3.63) is 0 Å². The van der Waals surface area contributed by atoms with E-state index in [1.807, 2.05) is 0 Å². The lowest BCUT2D eigenvalue weighted by Crippen LogP contribution is -2.14. The minimum absolute atomic E-state index is 0.0796. The smallest absolute Gasteiger partial charge is 0.334 e. The topological polar surface area (TPSA) is 55.8 Å². The first-order valence-electron chi connectivity index (χ1n) is 5.80. The Bertz CT molecular complexity index is 228. The maximum absolute atomic E-state index is 12.1. The van der Waals surface area contributed by atoms with Crippen molar-refractivity contribution in [2.24, 2.45) is 0 Å². The maximum Gasteiger partial charge on any atom is 0.334 e. The van der Waals surface area contributed by atoms with E-state index in [0.717, 1.165) is 19.3 Å². The molecular weight excluding hydrogens is 286 g/mol. The molecule has 0 aromatic heterocycles. The number of hydrogen-bond acceptors (Lipinski definition) is 4. The van der Waals surface area contributed by atoms with Gasteiger partial charge in [0.15, 0.2) is 6.29 Å². The molecule has 0 aliphatic rings. The average molecular weight is 307 g/mol. The molecule has 104 valence electrons. The van der Waals surface area contributed by atoms with Crippen LogP contribution in [0.1, 0.15) is 32.6 Å². The molecule has 0 aromatic rings. The minimum atomic E-state index is -3.31. The highest BCUT2D eigenvalue weighted by molar-refractivity contribution is 7.54. The molecule has 4 nitrogen and oxygen atoms in total. The van der Waals surface area contributed by atoms with Gasteiger partial charge in [-0.05, 0) is 12.8 Å². The molecule has 17 heavy (non-hydrogen) atoms. The van der Waals surface area contributed by atoms with Gasteiger partial charge in [-0.1, -0.05) is 19.8 Å². The highest BCUT2D eigenvalue weighted by Crippen LogP contribution is 2.49. The van der Waals surface area contributed by atoms with Crippen LogP contribution in [0, 0.1) is 0 Å². The van der Waals surface area contributed by atoms with Crippen LogP contribution in [0.25, 0.3) is 0 Å². The van der Waals surface area contributed by atoms with Crippen molar-refractivity contribution in [2.75, 3.05) is 24.5 Å². The Morgan fingerprint density at radius 2 is 2.00 bits per heavy atom. The summed E-state index contributed by atoms with van der Waals surface area (Å²) in [7, 11) is -3.31. The fraction of sp³-hybridized carbons (Fsp3) is 1.00. The lowest BCUT2D eigenvalue weighted by molar-refractivity contribution is -0.0345. The Kier molecular flexibility index (Phi) is 11.0. The Morgan fingerprint density at radius 1 is 1.29 bits per heavy atom. The van der Waals surface area contributed by atoms with E-state index in [4.69, 9.17) is 32.2 Å². The summed E-state index contributed by atoms with van der Waals surface area (Å²) in [6, 6.07) is 0. The van der Waals surface area contributed by atoms with Crippen LogP contribution in [0.2, 0.25) is 0 Å². The van der Waals surface area contributed by atoms with E-state index in [1.54, 1.807) is 0 Å². The predicted octanol–water partition coefficient (Wildman–Crippen LogP) is 3.59. The van der Waals surface area contributed by atoms with Gasteiger partial charge >= 0.3 is 7.60 Å². The van der Waals surface area contributed by atoms with Gasteiger partial charge in [-0.25, -0.2) is 0 Å². The molecule has 1 N–H and O–H groups in total. The SMILES string of the molecule is CCCCCC(O)OP(=O)(CCCl)OCCCl. The summed E-state index contributed by atoms with van der Waals surface area (Å²) in [5, 5.41) is 9.59. The quantitative estimate of drug-likeness (QED) is 0.274. The molecule has 0 aliphatic heterocycles. The second-order valence-electron chi connectivity index (χ2n) is 3.60. The van der Waals surface area contributed by atoms with E-state index in [-0.39, 0.29) is 24.5 Å². The van der Waals surface area contributed by atoms with Crippen molar-refractivity contribution in [1.82, 2.24) is 0 Å². The first-order valence-corrected chi connectivity index (χ1v) is 8.59. The zero-order valence-corrected chi connectivity index (χ0v) is 12.5. The number of rotatable bonds is 11. The summed E-state index contributed by atoms with van der Waals surface area (Å²) in [4.78, 5) is 0. The summed E-state index contributed by atoms with van der Waals surface area (Å²) in [5.74, 6) is 0.378. The van der Waals surface area contributed by atoms with Crippen LogP contribution in [0.15, 0.2) is 0 Å². The third-order valence-electron chi connectivity index (χ3n) is 2.06. The fourth-order valence-electron chi connectivity index (χ4n) is 1.23. The minimum Gasteiger partial charge on any atom is -0.368 e. The van der Waals surface area contributed by atoms with E-state index < -0.39 is 13.9 Å². The average Bonchev–Trinajstić information content (AvgIpc) is 2.27. The van der Waals surface area contributed by atoms with E-state index in [1.165, 1.54) is 0 Å².